The number of aliphatic hydroxyl groups is 1. The van der Waals surface area contributed by atoms with E-state index in [0.29, 0.717) is 35.4 Å². The summed E-state index contributed by atoms with van der Waals surface area (Å²) in [5, 5.41) is 10.2. The molecule has 0 aromatic rings. The van der Waals surface area contributed by atoms with Gasteiger partial charge in [0, 0.05) is 17.8 Å². The molecular weight excluding hydrogens is 372 g/mol. The van der Waals surface area contributed by atoms with E-state index in [1.165, 1.54) is 18.4 Å². The molecule has 30 heavy (non-hydrogen) atoms. The minimum absolute atomic E-state index is 0.131. The molecule has 166 valence electrons. The molecule has 1 aliphatic heterocycles. The Bertz CT molecular complexity index is 794. The van der Waals surface area contributed by atoms with Gasteiger partial charge in [-0.2, -0.15) is 0 Å². The maximum Gasteiger partial charge on any atom is 0.140 e. The SMILES string of the molecule is CC1=C(/C=C/C(C)C)OC2CC3C4CC[C@H]5C[C@@H](O)CC[C@]5(C)C4CC(=O)[C@]3(C)C12. The topological polar surface area (TPSA) is 46.5 Å². The molecule has 1 heterocycles. The van der Waals surface area contributed by atoms with Crippen molar-refractivity contribution in [2.75, 3.05) is 0 Å². The standard InChI is InChI=1S/C27H40O3/c1-15(2)6-9-22-16(3)25-23(30-22)13-21-19-8-7-17-12-18(28)10-11-26(17,4)20(19)14-24(29)27(21,25)5/h6,9,15,17-21,23,25,28H,7-8,10-14H2,1-5H3/b9-6+/t17-,18-,19?,20?,21?,23?,25?,26-,27+/m0/s1. The van der Waals surface area contributed by atoms with Gasteiger partial charge in [-0.15, -0.1) is 0 Å². The number of carbonyl (C=O) groups excluding carboxylic acids is 1. The van der Waals surface area contributed by atoms with Gasteiger partial charge < -0.3 is 9.84 Å². The van der Waals surface area contributed by atoms with Gasteiger partial charge >= 0.3 is 0 Å². The molecule has 0 amide bonds. The summed E-state index contributed by atoms with van der Waals surface area (Å²) in [5.74, 6) is 4.44. The van der Waals surface area contributed by atoms with Crippen molar-refractivity contribution in [3.8, 4) is 0 Å². The van der Waals surface area contributed by atoms with Gasteiger partial charge in [-0.25, -0.2) is 0 Å². The minimum Gasteiger partial charge on any atom is -0.490 e. The average molecular weight is 413 g/mol. The predicted octanol–water partition coefficient (Wildman–Crippen LogP) is 5.68. The Hall–Kier alpha value is -1.09. The highest BCUT2D eigenvalue weighted by atomic mass is 16.5. The van der Waals surface area contributed by atoms with Gasteiger partial charge in [0.1, 0.15) is 17.6 Å². The van der Waals surface area contributed by atoms with Gasteiger partial charge in [0.2, 0.25) is 0 Å². The smallest absolute Gasteiger partial charge is 0.140 e. The molecule has 0 saturated heterocycles. The molecule has 5 unspecified atom stereocenters. The fraction of sp³-hybridized carbons (Fsp3) is 0.815. The molecule has 4 aliphatic carbocycles. The first kappa shape index (κ1) is 20.8. The van der Waals surface area contributed by atoms with E-state index in [9.17, 15) is 9.90 Å². The lowest BCUT2D eigenvalue weighted by Gasteiger charge is -2.60. The molecule has 0 radical (unpaired) electrons. The predicted molar refractivity (Wildman–Crippen MR) is 119 cm³/mol. The van der Waals surface area contributed by atoms with Gasteiger partial charge in [0.25, 0.3) is 0 Å². The second-order valence-electron chi connectivity index (χ2n) is 12.0. The Kier molecular flexibility index (Phi) is 4.82. The Morgan fingerprint density at radius 2 is 1.90 bits per heavy atom. The van der Waals surface area contributed by atoms with E-state index < -0.39 is 0 Å². The number of allylic oxidation sites excluding steroid dienone is 2. The Morgan fingerprint density at radius 3 is 2.63 bits per heavy atom. The molecule has 0 aromatic heterocycles. The number of rotatable bonds is 2. The first-order chi connectivity index (χ1) is 14.2. The molecule has 4 fully saturated rings. The summed E-state index contributed by atoms with van der Waals surface area (Å²) in [6.45, 7) is 11.3. The van der Waals surface area contributed by atoms with Crippen molar-refractivity contribution in [2.24, 2.45) is 46.3 Å². The van der Waals surface area contributed by atoms with Crippen LogP contribution in [-0.4, -0.2) is 23.1 Å². The molecule has 9 atom stereocenters. The van der Waals surface area contributed by atoms with E-state index in [1.54, 1.807) is 0 Å². The largest absolute Gasteiger partial charge is 0.490 e. The fourth-order valence-corrected chi connectivity index (χ4v) is 8.65. The molecule has 1 N–H and O–H groups in total. The van der Waals surface area contributed by atoms with Crippen molar-refractivity contribution in [1.29, 1.82) is 0 Å². The third-order valence-corrected chi connectivity index (χ3v) is 10.3. The first-order valence-corrected chi connectivity index (χ1v) is 12.4. The molecule has 3 heteroatoms. The van der Waals surface area contributed by atoms with Crippen LogP contribution in [0.4, 0.5) is 0 Å². The van der Waals surface area contributed by atoms with Crippen LogP contribution in [0.15, 0.2) is 23.5 Å². The highest BCUT2D eigenvalue weighted by molar-refractivity contribution is 5.87. The maximum absolute atomic E-state index is 13.8. The number of hydrogen-bond acceptors (Lipinski definition) is 3. The van der Waals surface area contributed by atoms with Crippen LogP contribution in [0.5, 0.6) is 0 Å². The molecule has 0 bridgehead atoms. The van der Waals surface area contributed by atoms with Crippen molar-refractivity contribution in [3.63, 3.8) is 0 Å². The number of ketones is 1. The van der Waals surface area contributed by atoms with E-state index in [-0.39, 0.29) is 29.0 Å². The number of ether oxygens (including phenoxy) is 1. The fourth-order valence-electron chi connectivity index (χ4n) is 8.65. The zero-order chi connectivity index (χ0) is 21.4. The molecule has 5 aliphatic rings. The van der Waals surface area contributed by atoms with Crippen molar-refractivity contribution in [3.05, 3.63) is 23.5 Å². The lowest BCUT2D eigenvalue weighted by atomic mass is 9.44. The van der Waals surface area contributed by atoms with Gasteiger partial charge in [-0.05, 0) is 92.1 Å². The summed E-state index contributed by atoms with van der Waals surface area (Å²) < 4.78 is 6.49. The van der Waals surface area contributed by atoms with Gasteiger partial charge in [-0.1, -0.05) is 33.8 Å². The zero-order valence-corrected chi connectivity index (χ0v) is 19.5. The monoisotopic (exact) mass is 412 g/mol. The van der Waals surface area contributed by atoms with Crippen molar-refractivity contribution in [1.82, 2.24) is 0 Å². The summed E-state index contributed by atoms with van der Waals surface area (Å²) >= 11 is 0. The number of hydrogen-bond donors (Lipinski definition) is 1. The number of aliphatic hydroxyl groups excluding tert-OH is 1. The molecule has 3 nitrogen and oxygen atoms in total. The van der Waals surface area contributed by atoms with Crippen molar-refractivity contribution >= 4 is 5.78 Å². The summed E-state index contributed by atoms with van der Waals surface area (Å²) in [7, 11) is 0. The highest BCUT2D eigenvalue weighted by Gasteiger charge is 2.67. The third-order valence-electron chi connectivity index (χ3n) is 10.3. The number of Topliss-reactive ketones (excluding diaryl/α,β-unsaturated/α-hetero) is 1. The van der Waals surface area contributed by atoms with Gasteiger partial charge in [-0.3, -0.25) is 4.79 Å². The van der Waals surface area contributed by atoms with E-state index >= 15 is 0 Å². The second-order valence-corrected chi connectivity index (χ2v) is 12.0. The lowest BCUT2D eigenvalue weighted by molar-refractivity contribution is -0.158. The molecular formula is C27H40O3. The molecule has 0 spiro atoms. The first-order valence-electron chi connectivity index (χ1n) is 12.4. The lowest BCUT2D eigenvalue weighted by Crippen LogP contribution is -2.57. The van der Waals surface area contributed by atoms with Gasteiger partial charge in [0.05, 0.1) is 6.10 Å². The van der Waals surface area contributed by atoms with E-state index in [1.807, 2.05) is 0 Å². The van der Waals surface area contributed by atoms with Crippen LogP contribution in [-0.2, 0) is 9.53 Å². The van der Waals surface area contributed by atoms with Crippen LogP contribution < -0.4 is 0 Å². The highest BCUT2D eigenvalue weighted by Crippen LogP contribution is 2.68. The summed E-state index contributed by atoms with van der Waals surface area (Å²) in [4.78, 5) is 13.8. The van der Waals surface area contributed by atoms with Crippen LogP contribution >= 0.6 is 0 Å². The van der Waals surface area contributed by atoms with Crippen LogP contribution in [0.1, 0.15) is 79.6 Å². The van der Waals surface area contributed by atoms with Crippen molar-refractivity contribution in [2.45, 2.75) is 91.8 Å². The Morgan fingerprint density at radius 1 is 1.13 bits per heavy atom. The Labute approximate surface area is 182 Å². The van der Waals surface area contributed by atoms with Crippen LogP contribution in [0.25, 0.3) is 0 Å². The van der Waals surface area contributed by atoms with E-state index in [2.05, 4.69) is 46.8 Å². The quantitative estimate of drug-likeness (QED) is 0.635. The number of fused-ring (bicyclic) bond motifs is 7. The number of carbonyl (C=O) groups is 1. The zero-order valence-electron chi connectivity index (χ0n) is 19.5. The molecule has 0 aromatic carbocycles. The van der Waals surface area contributed by atoms with Crippen molar-refractivity contribution < 1.29 is 14.6 Å². The minimum atomic E-state index is -0.263. The van der Waals surface area contributed by atoms with Crippen LogP contribution in [0, 0.1) is 46.3 Å². The summed E-state index contributed by atoms with van der Waals surface area (Å²) in [6, 6.07) is 0. The van der Waals surface area contributed by atoms with Gasteiger partial charge in [0.15, 0.2) is 0 Å². The maximum atomic E-state index is 13.8. The normalized spacial score (nSPS) is 50.4. The third kappa shape index (κ3) is 2.76. The van der Waals surface area contributed by atoms with Crippen LogP contribution in [0.3, 0.4) is 0 Å². The average Bonchev–Trinajstić information content (AvgIpc) is 3.16. The molecule has 5 rings (SSSR count). The Balaban J connectivity index is 1.46. The summed E-state index contributed by atoms with van der Waals surface area (Å²) in [5.41, 5.74) is 1.27. The van der Waals surface area contributed by atoms with Crippen LogP contribution in [0.2, 0.25) is 0 Å². The summed E-state index contributed by atoms with van der Waals surface area (Å²) in [6.07, 6.45) is 11.6. The molecule has 4 saturated carbocycles. The van der Waals surface area contributed by atoms with E-state index in [0.717, 1.165) is 37.9 Å². The van der Waals surface area contributed by atoms with E-state index in [4.69, 9.17) is 4.74 Å². The second kappa shape index (κ2) is 6.95.